The maximum Gasteiger partial charge on any atom is 0.102 e. The first-order chi connectivity index (χ1) is 40.6. The van der Waals surface area contributed by atoms with Gasteiger partial charge >= 0.3 is 0 Å². The fourth-order valence-electron chi connectivity index (χ4n) is 13.5. The lowest BCUT2D eigenvalue weighted by molar-refractivity contribution is 1.13. The molecule has 82 heavy (non-hydrogen) atoms. The monoisotopic (exact) mass is 1070 g/mol. The van der Waals surface area contributed by atoms with Crippen LogP contribution in [0.4, 0.5) is 0 Å². The third-order valence-electron chi connectivity index (χ3n) is 17.0. The molecule has 4 heterocycles. The second kappa shape index (κ2) is 18.0. The Hall–Kier alpha value is -10.6. The van der Waals surface area contributed by atoms with Gasteiger partial charge in [0.25, 0.3) is 0 Å². The smallest absolute Gasteiger partial charge is 0.102 e. The Bertz CT molecular complexity index is 5400. The molecule has 4 aromatic heterocycles. The maximum atomic E-state index is 12.6. The second-order valence-corrected chi connectivity index (χ2v) is 23.3. The Morgan fingerprint density at radius 3 is 1.17 bits per heavy atom. The van der Waals surface area contributed by atoms with Crippen LogP contribution in [0.2, 0.25) is 0 Å². The van der Waals surface area contributed by atoms with Gasteiger partial charge in [0, 0.05) is 63.6 Å². The minimum absolute atomic E-state index is 0.415. The lowest BCUT2D eigenvalue weighted by Gasteiger charge is -2.26. The van der Waals surface area contributed by atoms with Crippen molar-refractivity contribution < 1.29 is 0 Å². The molecule has 0 radical (unpaired) electrons. The van der Waals surface area contributed by atoms with Crippen LogP contribution in [0.1, 0.15) is 11.1 Å². The highest BCUT2D eigenvalue weighted by Crippen LogP contribution is 2.54. The highest BCUT2D eigenvalue weighted by Gasteiger charge is 2.34. The lowest BCUT2D eigenvalue weighted by Crippen LogP contribution is -2.11. The molecule has 4 nitrogen and oxygen atoms in total. The number of thiophene rings is 2. The van der Waals surface area contributed by atoms with Crippen LogP contribution in [0, 0.1) is 22.7 Å². The van der Waals surface area contributed by atoms with Gasteiger partial charge in [0.1, 0.15) is 12.1 Å². The van der Waals surface area contributed by atoms with Gasteiger partial charge in [-0.2, -0.15) is 10.5 Å². The molecule has 0 bridgehead atoms. The molecule has 17 rings (SSSR count). The molecule has 0 fully saturated rings. The predicted octanol–water partition coefficient (Wildman–Crippen LogP) is 21.3. The number of rotatable bonds is 6. The molecule has 0 unspecified atom stereocenters. The first kappa shape index (κ1) is 46.3. The Morgan fingerprint density at radius 2 is 0.707 bits per heavy atom. The number of hydrogen-bond donors (Lipinski definition) is 0. The van der Waals surface area contributed by atoms with Gasteiger partial charge in [0.05, 0.1) is 54.0 Å². The molecule has 17 aromatic rings. The zero-order valence-corrected chi connectivity index (χ0v) is 45.5. The first-order valence-corrected chi connectivity index (χ1v) is 29.2. The van der Waals surface area contributed by atoms with Crippen molar-refractivity contribution in [1.29, 1.82) is 10.5 Å². The van der Waals surface area contributed by atoms with Gasteiger partial charge in [-0.1, -0.05) is 218 Å². The van der Waals surface area contributed by atoms with E-state index in [0.717, 1.165) is 124 Å². The number of nitriles is 2. The minimum atomic E-state index is 0.415. The van der Waals surface area contributed by atoms with Crippen LogP contribution in [0.15, 0.2) is 255 Å². The zero-order valence-electron chi connectivity index (χ0n) is 43.9. The van der Waals surface area contributed by atoms with E-state index in [1.165, 1.54) is 20.2 Å². The van der Waals surface area contributed by atoms with Gasteiger partial charge in [-0.3, -0.25) is 0 Å². The number of nitrogens with zero attached hydrogens (tertiary/aromatic N) is 4. The van der Waals surface area contributed by atoms with Crippen LogP contribution in [0.3, 0.4) is 0 Å². The summed E-state index contributed by atoms with van der Waals surface area (Å²) < 4.78 is 9.46. The number of hydrogen-bond acceptors (Lipinski definition) is 4. The van der Waals surface area contributed by atoms with E-state index in [2.05, 4.69) is 276 Å². The highest BCUT2D eigenvalue weighted by atomic mass is 32.1. The van der Waals surface area contributed by atoms with Crippen molar-refractivity contribution in [1.82, 2.24) is 9.13 Å². The van der Waals surface area contributed by atoms with E-state index >= 15 is 0 Å². The van der Waals surface area contributed by atoms with E-state index in [9.17, 15) is 10.5 Å². The van der Waals surface area contributed by atoms with Crippen LogP contribution < -0.4 is 0 Å². The zero-order chi connectivity index (χ0) is 54.2. The topological polar surface area (TPSA) is 57.4 Å². The summed E-state index contributed by atoms with van der Waals surface area (Å²) in [6.07, 6.45) is 0. The van der Waals surface area contributed by atoms with Crippen LogP contribution >= 0.6 is 22.7 Å². The van der Waals surface area contributed by atoms with Crippen LogP contribution in [-0.2, 0) is 0 Å². The van der Waals surface area contributed by atoms with Crippen molar-refractivity contribution in [2.24, 2.45) is 0 Å². The van der Waals surface area contributed by atoms with E-state index < -0.39 is 0 Å². The highest BCUT2D eigenvalue weighted by molar-refractivity contribution is 7.27. The molecule has 0 spiro atoms. The Morgan fingerprint density at radius 1 is 0.305 bits per heavy atom. The normalized spacial score (nSPS) is 11.9. The van der Waals surface area contributed by atoms with Crippen molar-refractivity contribution in [2.75, 3.05) is 0 Å². The Labute approximate surface area is 478 Å². The summed E-state index contributed by atoms with van der Waals surface area (Å²) in [7, 11) is 0. The molecule has 0 atom stereocenters. The fourth-order valence-corrected chi connectivity index (χ4v) is 16.0. The van der Waals surface area contributed by atoms with Gasteiger partial charge in [-0.05, 0) is 91.3 Å². The van der Waals surface area contributed by atoms with E-state index in [-0.39, 0.29) is 0 Å². The molecule has 378 valence electrons. The Kier molecular flexibility index (Phi) is 10.1. The number of benzene rings is 13. The third-order valence-corrected chi connectivity index (χ3v) is 19.3. The van der Waals surface area contributed by atoms with E-state index in [1.54, 1.807) is 22.7 Å². The quantitative estimate of drug-likeness (QED) is 0.167. The van der Waals surface area contributed by atoms with Gasteiger partial charge < -0.3 is 9.13 Å². The minimum Gasteiger partial charge on any atom is -0.306 e. The average molecular weight is 1080 g/mol. The van der Waals surface area contributed by atoms with Gasteiger partial charge in [0.15, 0.2) is 0 Å². The summed E-state index contributed by atoms with van der Waals surface area (Å²) in [5.74, 6) is 0. The molecule has 0 amide bonds. The van der Waals surface area contributed by atoms with E-state index in [4.69, 9.17) is 0 Å². The van der Waals surface area contributed by atoms with Crippen molar-refractivity contribution in [2.45, 2.75) is 0 Å². The third kappa shape index (κ3) is 6.62. The molecule has 6 heteroatoms. The van der Waals surface area contributed by atoms with Crippen LogP contribution in [-0.4, -0.2) is 9.13 Å². The average Bonchev–Trinajstić information content (AvgIpc) is 4.40. The van der Waals surface area contributed by atoms with Crippen LogP contribution in [0.5, 0.6) is 0 Å². The molecule has 0 aliphatic carbocycles. The SMILES string of the molecule is N#Cc1c(-c2ccc3ccccc3c2)c(C#N)c(-n2c3cccc(-c4ccccc4)c3c3ccc4c5ccccc5sc4c32)c(-c2ccc3ccccc3c2)c1-n1c2cccc(-c3ccccc3)c2c2ccc3c4ccccc4sc3c21. The summed E-state index contributed by atoms with van der Waals surface area (Å²) in [5.41, 5.74) is 13.6. The number of aromatic nitrogens is 2. The molecule has 0 aliphatic rings. The van der Waals surface area contributed by atoms with Gasteiger partial charge in [-0.15, -0.1) is 22.7 Å². The summed E-state index contributed by atoms with van der Waals surface area (Å²) in [6.45, 7) is 0. The fraction of sp³-hybridized carbons (Fsp3) is 0. The van der Waals surface area contributed by atoms with Gasteiger partial charge in [-0.25, -0.2) is 0 Å². The largest absolute Gasteiger partial charge is 0.306 e. The molecule has 0 aliphatic heterocycles. The second-order valence-electron chi connectivity index (χ2n) is 21.2. The number of fused-ring (bicyclic) bond motifs is 16. The molecular formula is C76H42N4S2. The maximum absolute atomic E-state index is 12.6. The molecule has 0 N–H and O–H groups in total. The summed E-state index contributed by atoms with van der Waals surface area (Å²) in [5, 5.41) is 38.5. The summed E-state index contributed by atoms with van der Waals surface area (Å²) in [6, 6.07) is 96.9. The van der Waals surface area contributed by atoms with Gasteiger partial charge in [0.2, 0.25) is 0 Å². The molecule has 13 aromatic carbocycles. The molecule has 0 saturated heterocycles. The lowest BCUT2D eigenvalue weighted by atomic mass is 9.85. The first-order valence-electron chi connectivity index (χ1n) is 27.5. The predicted molar refractivity (Wildman–Crippen MR) is 347 cm³/mol. The van der Waals surface area contributed by atoms with Crippen molar-refractivity contribution in [3.05, 3.63) is 266 Å². The standard InChI is InChI=1S/C76H42N4S2/c77-43-61-67(51-35-33-45-17-7-9-23-49(45)41-51)62(44-78)72(80-64-30-16-28-54(48-21-5-2-6-22-48)70(64)60-40-38-58-56-26-12-14-32-66(56)82-76(58)74(60)80)68(52-36-34-46-18-8-10-24-50(46)42-52)71(61)79-63-29-15-27-53(47-19-3-1-4-20-47)69(63)59-39-37-57-55-25-11-13-31-65(55)81-75(57)73(59)79/h1-42H. The summed E-state index contributed by atoms with van der Waals surface area (Å²) in [4.78, 5) is 0. The van der Waals surface area contributed by atoms with Crippen molar-refractivity contribution in [3.63, 3.8) is 0 Å². The van der Waals surface area contributed by atoms with Crippen molar-refractivity contribution in [3.8, 4) is 68.0 Å². The van der Waals surface area contributed by atoms with Crippen LogP contribution in [0.25, 0.3) is 161 Å². The molecule has 0 saturated carbocycles. The Balaban J connectivity index is 1.18. The molecular weight excluding hydrogens is 1030 g/mol. The van der Waals surface area contributed by atoms with Crippen molar-refractivity contribution >= 4 is 128 Å². The van der Waals surface area contributed by atoms with E-state index in [1.807, 2.05) is 0 Å². The summed E-state index contributed by atoms with van der Waals surface area (Å²) >= 11 is 3.58. The van der Waals surface area contributed by atoms with E-state index in [0.29, 0.717) is 28.1 Å².